The highest BCUT2D eigenvalue weighted by molar-refractivity contribution is 6.22. The van der Waals surface area contributed by atoms with Crippen LogP contribution in [0.2, 0.25) is 0 Å². The summed E-state index contributed by atoms with van der Waals surface area (Å²) in [5.74, 6) is 1.69. The fourth-order valence-corrected chi connectivity index (χ4v) is 5.18. The molecule has 0 spiro atoms. The fourth-order valence-electron chi connectivity index (χ4n) is 5.18. The predicted molar refractivity (Wildman–Crippen MR) is 132 cm³/mol. The van der Waals surface area contributed by atoms with E-state index in [0.717, 1.165) is 28.9 Å². The van der Waals surface area contributed by atoms with Gasteiger partial charge < -0.3 is 14.2 Å². The maximum absolute atomic E-state index is 13.6. The van der Waals surface area contributed by atoms with Gasteiger partial charge in [0.25, 0.3) is 5.91 Å². The number of hydrogen-bond donors (Lipinski definition) is 0. The fraction of sp³-hybridized carbons (Fsp3) is 0.286. The smallest absolute Gasteiger partial charge is 0.251 e. The van der Waals surface area contributed by atoms with Crippen LogP contribution in [0.5, 0.6) is 17.2 Å². The molecule has 1 fully saturated rings. The van der Waals surface area contributed by atoms with Crippen LogP contribution in [0.25, 0.3) is 0 Å². The largest absolute Gasteiger partial charge is 0.497 e. The Morgan fingerprint density at radius 3 is 2.17 bits per heavy atom. The molecule has 1 saturated heterocycles. The van der Waals surface area contributed by atoms with E-state index < -0.39 is 6.04 Å². The van der Waals surface area contributed by atoms with Crippen LogP contribution in [0.15, 0.2) is 66.7 Å². The highest BCUT2D eigenvalue weighted by Gasteiger charge is 2.46. The van der Waals surface area contributed by atoms with Crippen LogP contribution in [-0.2, 0) is 16.0 Å². The number of ether oxygens (including phenoxy) is 3. The average Bonchev–Trinajstić information content (AvgIpc) is 3.20. The van der Waals surface area contributed by atoms with E-state index in [-0.39, 0.29) is 24.3 Å². The number of fused-ring (bicyclic) bond motifs is 1. The molecular weight excluding hydrogens is 444 g/mol. The summed E-state index contributed by atoms with van der Waals surface area (Å²) in [5, 5.41) is 0. The number of benzene rings is 3. The van der Waals surface area contributed by atoms with Crippen molar-refractivity contribution in [1.29, 1.82) is 0 Å². The Morgan fingerprint density at radius 1 is 0.829 bits per heavy atom. The van der Waals surface area contributed by atoms with Crippen LogP contribution in [0.4, 0.5) is 5.69 Å². The summed E-state index contributed by atoms with van der Waals surface area (Å²) in [6, 6.07) is 20.2. The molecule has 2 unspecified atom stereocenters. The van der Waals surface area contributed by atoms with Crippen molar-refractivity contribution in [3.05, 3.63) is 83.4 Å². The number of methoxy groups -OCH3 is 3. The van der Waals surface area contributed by atoms with Crippen LogP contribution in [0, 0.1) is 0 Å². The highest BCUT2D eigenvalue weighted by Crippen LogP contribution is 2.43. The van der Waals surface area contributed by atoms with Crippen molar-refractivity contribution in [3.8, 4) is 17.2 Å². The van der Waals surface area contributed by atoms with E-state index in [9.17, 15) is 9.59 Å². The first-order valence-electron chi connectivity index (χ1n) is 11.6. The minimum absolute atomic E-state index is 0.142. The van der Waals surface area contributed by atoms with Gasteiger partial charge in [-0.3, -0.25) is 14.5 Å². The van der Waals surface area contributed by atoms with Crippen molar-refractivity contribution < 1.29 is 23.8 Å². The molecule has 180 valence electrons. The van der Waals surface area contributed by atoms with E-state index in [0.29, 0.717) is 23.7 Å². The highest BCUT2D eigenvalue weighted by atomic mass is 16.5. The van der Waals surface area contributed by atoms with Gasteiger partial charge in [-0.25, -0.2) is 4.90 Å². The Morgan fingerprint density at radius 2 is 1.51 bits per heavy atom. The molecule has 3 aromatic rings. The third kappa shape index (κ3) is 4.02. The Bertz CT molecular complexity index is 1240. The first-order chi connectivity index (χ1) is 17.0. The molecule has 2 heterocycles. The molecule has 7 heteroatoms. The van der Waals surface area contributed by atoms with Crippen molar-refractivity contribution in [2.24, 2.45) is 0 Å². The van der Waals surface area contributed by atoms with E-state index in [2.05, 4.69) is 4.90 Å². The Kier molecular flexibility index (Phi) is 6.17. The summed E-state index contributed by atoms with van der Waals surface area (Å²) in [6.45, 7) is 0.630. The number of hydrogen-bond acceptors (Lipinski definition) is 6. The topological polar surface area (TPSA) is 68.3 Å². The number of carbonyl (C=O) groups is 2. The second-order valence-electron chi connectivity index (χ2n) is 8.69. The molecular formula is C28H28N2O5. The normalized spacial score (nSPS) is 20.0. The standard InChI is InChI=1S/C28H28N2O5/c1-33-21-11-9-18(10-12-21)27-22-16-25(35-3)24(34-2)15-19(22)13-14-29(27)23-17-26(31)30(28(23)32)20-7-5-4-6-8-20/h4-12,15-16,23,27H,13-14,17H2,1-3H3. The Labute approximate surface area is 204 Å². The first-order valence-corrected chi connectivity index (χ1v) is 11.6. The molecule has 0 aliphatic carbocycles. The molecule has 0 radical (unpaired) electrons. The number of carbonyl (C=O) groups excluding carboxylic acids is 2. The molecule has 2 amide bonds. The molecule has 0 N–H and O–H groups in total. The number of imide groups is 1. The predicted octanol–water partition coefficient (Wildman–Crippen LogP) is 3.99. The third-order valence-electron chi connectivity index (χ3n) is 6.88. The SMILES string of the molecule is COc1ccc(C2c3cc(OC)c(OC)cc3CCN2C2CC(=O)N(c3ccccc3)C2=O)cc1. The van der Waals surface area contributed by atoms with Gasteiger partial charge in [0, 0.05) is 6.54 Å². The minimum Gasteiger partial charge on any atom is -0.497 e. The first kappa shape index (κ1) is 22.9. The molecule has 2 atom stereocenters. The third-order valence-corrected chi connectivity index (χ3v) is 6.88. The van der Waals surface area contributed by atoms with Crippen molar-refractivity contribution in [1.82, 2.24) is 4.90 Å². The zero-order valence-electron chi connectivity index (χ0n) is 20.1. The lowest BCUT2D eigenvalue weighted by Crippen LogP contribution is -2.47. The van der Waals surface area contributed by atoms with Gasteiger partial charge >= 0.3 is 0 Å². The number of para-hydroxylation sites is 1. The van der Waals surface area contributed by atoms with E-state index in [1.807, 2.05) is 54.6 Å². The minimum atomic E-state index is -0.559. The summed E-state index contributed by atoms with van der Waals surface area (Å²) in [4.78, 5) is 30.1. The molecule has 2 aliphatic rings. The molecule has 0 bridgehead atoms. The van der Waals surface area contributed by atoms with Gasteiger partial charge in [-0.15, -0.1) is 0 Å². The van der Waals surface area contributed by atoms with Crippen LogP contribution in [0.1, 0.15) is 29.2 Å². The van der Waals surface area contributed by atoms with Crippen molar-refractivity contribution in [3.63, 3.8) is 0 Å². The lowest BCUT2D eigenvalue weighted by atomic mass is 9.86. The lowest BCUT2D eigenvalue weighted by Gasteiger charge is -2.40. The summed E-state index contributed by atoms with van der Waals surface area (Å²) in [5.41, 5.74) is 3.79. The van der Waals surface area contributed by atoms with Gasteiger partial charge in [0.05, 0.1) is 45.5 Å². The van der Waals surface area contributed by atoms with Gasteiger partial charge in [-0.2, -0.15) is 0 Å². The van der Waals surface area contributed by atoms with Crippen LogP contribution in [-0.4, -0.2) is 50.6 Å². The molecule has 35 heavy (non-hydrogen) atoms. The lowest BCUT2D eigenvalue weighted by molar-refractivity contribution is -0.123. The van der Waals surface area contributed by atoms with Gasteiger partial charge in [-0.05, 0) is 59.5 Å². The van der Waals surface area contributed by atoms with E-state index in [1.165, 1.54) is 4.90 Å². The molecule has 0 aromatic heterocycles. The summed E-state index contributed by atoms with van der Waals surface area (Å²) in [7, 11) is 4.88. The van der Waals surface area contributed by atoms with Gasteiger partial charge in [0.1, 0.15) is 5.75 Å². The maximum atomic E-state index is 13.6. The molecule has 5 rings (SSSR count). The Balaban J connectivity index is 1.59. The van der Waals surface area contributed by atoms with Crippen molar-refractivity contribution >= 4 is 17.5 Å². The van der Waals surface area contributed by atoms with Crippen LogP contribution >= 0.6 is 0 Å². The second-order valence-corrected chi connectivity index (χ2v) is 8.69. The summed E-state index contributed by atoms with van der Waals surface area (Å²) < 4.78 is 16.5. The molecule has 0 saturated carbocycles. The van der Waals surface area contributed by atoms with Crippen LogP contribution in [0.3, 0.4) is 0 Å². The Hall–Kier alpha value is -3.84. The van der Waals surface area contributed by atoms with Crippen molar-refractivity contribution in [2.75, 3.05) is 32.8 Å². The summed E-state index contributed by atoms with van der Waals surface area (Å²) in [6.07, 6.45) is 0.870. The van der Waals surface area contributed by atoms with E-state index in [1.54, 1.807) is 33.5 Å². The number of rotatable bonds is 6. The monoisotopic (exact) mass is 472 g/mol. The second kappa shape index (κ2) is 9.43. The zero-order valence-corrected chi connectivity index (χ0v) is 20.1. The maximum Gasteiger partial charge on any atom is 0.251 e. The van der Waals surface area contributed by atoms with Gasteiger partial charge in [0.15, 0.2) is 11.5 Å². The molecule has 7 nitrogen and oxygen atoms in total. The average molecular weight is 473 g/mol. The number of amides is 2. The van der Waals surface area contributed by atoms with Gasteiger partial charge in [-0.1, -0.05) is 30.3 Å². The molecule has 3 aromatic carbocycles. The quantitative estimate of drug-likeness (QED) is 0.506. The zero-order chi connectivity index (χ0) is 24.5. The van der Waals surface area contributed by atoms with E-state index >= 15 is 0 Å². The van der Waals surface area contributed by atoms with Crippen molar-refractivity contribution in [2.45, 2.75) is 24.9 Å². The van der Waals surface area contributed by atoms with Gasteiger partial charge in [0.2, 0.25) is 5.91 Å². The molecule has 2 aliphatic heterocycles. The van der Waals surface area contributed by atoms with Crippen LogP contribution < -0.4 is 19.1 Å². The van der Waals surface area contributed by atoms with E-state index in [4.69, 9.17) is 14.2 Å². The number of nitrogens with zero attached hydrogens (tertiary/aromatic N) is 2. The summed E-state index contributed by atoms with van der Waals surface area (Å²) >= 11 is 0. The number of anilines is 1.